The molecule has 0 amide bonds. The largest absolute Gasteiger partial charge is 0.394 e. The smallest absolute Gasteiger partial charge is 0.270 e. The molecule has 0 atom stereocenters. The molecule has 168 valence electrons. The summed E-state index contributed by atoms with van der Waals surface area (Å²) < 4.78 is 1.59. The third kappa shape index (κ3) is 4.71. The number of aryl methyl sites for hydroxylation is 2. The van der Waals surface area contributed by atoms with Crippen LogP contribution in [-0.2, 0) is 0 Å². The van der Waals surface area contributed by atoms with Gasteiger partial charge in [-0.05, 0) is 67.6 Å². The lowest BCUT2D eigenvalue weighted by molar-refractivity contribution is 0.307. The molecule has 2 aromatic carbocycles. The number of anilines is 1. The van der Waals surface area contributed by atoms with Crippen LogP contribution in [0.3, 0.4) is 0 Å². The van der Waals surface area contributed by atoms with Crippen LogP contribution in [0.15, 0.2) is 57.3 Å². The summed E-state index contributed by atoms with van der Waals surface area (Å²) in [5.41, 5.74) is 10.9. The highest BCUT2D eigenvalue weighted by Gasteiger charge is 2.21. The molecule has 1 aromatic heterocycles. The first-order valence-electron chi connectivity index (χ1n) is 10.3. The van der Waals surface area contributed by atoms with E-state index in [4.69, 9.17) is 15.8 Å². The maximum Gasteiger partial charge on any atom is 0.270 e. The first kappa shape index (κ1) is 23.6. The van der Waals surface area contributed by atoms with Gasteiger partial charge in [0.2, 0.25) is 0 Å². The Morgan fingerprint density at radius 3 is 2.41 bits per heavy atom. The van der Waals surface area contributed by atoms with Gasteiger partial charge in [0.25, 0.3) is 5.56 Å². The maximum absolute atomic E-state index is 13.8. The lowest BCUT2D eigenvalue weighted by atomic mass is 10.1. The van der Waals surface area contributed by atoms with Gasteiger partial charge in [0.05, 0.1) is 18.8 Å². The number of benzene rings is 2. The number of rotatable bonds is 7. The third-order valence-electron chi connectivity index (χ3n) is 5.27. The van der Waals surface area contributed by atoms with Gasteiger partial charge in [-0.25, -0.2) is 4.98 Å². The fourth-order valence-corrected chi connectivity index (χ4v) is 3.90. The molecule has 0 aliphatic rings. The van der Waals surface area contributed by atoms with E-state index in [1.54, 1.807) is 4.57 Å². The zero-order valence-corrected chi connectivity index (χ0v) is 19.9. The van der Waals surface area contributed by atoms with E-state index >= 15 is 0 Å². The molecular weight excluding hydrogens is 422 g/mol. The zero-order chi connectivity index (χ0) is 23.4. The number of nitrogens with two attached hydrogens (primary N) is 1. The molecule has 3 rings (SSSR count). The number of amidine groups is 1. The van der Waals surface area contributed by atoms with E-state index in [2.05, 4.69) is 4.99 Å². The van der Waals surface area contributed by atoms with Gasteiger partial charge < -0.3 is 15.7 Å². The van der Waals surface area contributed by atoms with Crippen molar-refractivity contribution in [1.29, 1.82) is 0 Å². The Bertz CT molecular complexity index is 1200. The second-order valence-electron chi connectivity index (χ2n) is 7.66. The van der Waals surface area contributed by atoms with E-state index in [9.17, 15) is 4.79 Å². The van der Waals surface area contributed by atoms with Crippen molar-refractivity contribution in [3.63, 3.8) is 0 Å². The summed E-state index contributed by atoms with van der Waals surface area (Å²) >= 11 is 1.34. The van der Waals surface area contributed by atoms with E-state index < -0.39 is 0 Å². The van der Waals surface area contributed by atoms with Gasteiger partial charge >= 0.3 is 0 Å². The number of thioether (sulfide) groups is 1. The number of aliphatic hydroxyl groups is 1. The Morgan fingerprint density at radius 2 is 1.84 bits per heavy atom. The second-order valence-corrected chi connectivity index (χ2v) is 8.46. The van der Waals surface area contributed by atoms with E-state index in [1.807, 2.05) is 81.6 Å². The minimum atomic E-state index is -0.293. The van der Waals surface area contributed by atoms with E-state index in [0.717, 1.165) is 22.4 Å². The van der Waals surface area contributed by atoms with Gasteiger partial charge in [-0.2, -0.15) is 0 Å². The molecule has 0 saturated carbocycles. The van der Waals surface area contributed by atoms with Crippen molar-refractivity contribution in [2.45, 2.75) is 18.9 Å². The van der Waals surface area contributed by atoms with Crippen molar-refractivity contribution in [3.8, 4) is 17.1 Å². The maximum atomic E-state index is 13.8. The number of hydrogen-bond donors (Lipinski definition) is 2. The SMILES string of the molecule is CSc1nc(-c2ccc(N(C)C)cc2)n(-c2ccc(C)c(C)c2)c(=O)c1C(N)=NCCO. The van der Waals surface area contributed by atoms with Crippen LogP contribution >= 0.6 is 11.8 Å². The van der Waals surface area contributed by atoms with Crippen molar-refractivity contribution in [3.05, 3.63) is 69.5 Å². The monoisotopic (exact) mass is 451 g/mol. The molecule has 0 aliphatic heterocycles. The zero-order valence-electron chi connectivity index (χ0n) is 19.1. The van der Waals surface area contributed by atoms with Crippen LogP contribution in [0.2, 0.25) is 0 Å². The summed E-state index contributed by atoms with van der Waals surface area (Å²) in [6, 6.07) is 13.8. The highest BCUT2D eigenvalue weighted by molar-refractivity contribution is 7.98. The summed E-state index contributed by atoms with van der Waals surface area (Å²) in [5, 5.41) is 9.63. The molecule has 1 heterocycles. The van der Waals surface area contributed by atoms with Crippen molar-refractivity contribution in [2.24, 2.45) is 10.7 Å². The topological polar surface area (TPSA) is 96.7 Å². The van der Waals surface area contributed by atoms with Crippen LogP contribution in [0.5, 0.6) is 0 Å². The summed E-state index contributed by atoms with van der Waals surface area (Å²) in [5.74, 6) is 0.611. The van der Waals surface area contributed by atoms with Crippen molar-refractivity contribution in [1.82, 2.24) is 9.55 Å². The second kappa shape index (κ2) is 10.0. The number of aliphatic imine (C=N–C) groups is 1. The molecule has 3 aromatic rings. The Labute approximate surface area is 192 Å². The molecule has 32 heavy (non-hydrogen) atoms. The van der Waals surface area contributed by atoms with Gasteiger partial charge in [0.15, 0.2) is 0 Å². The number of hydrogen-bond acceptors (Lipinski definition) is 6. The van der Waals surface area contributed by atoms with Crippen LogP contribution in [0.1, 0.15) is 16.7 Å². The van der Waals surface area contributed by atoms with E-state index in [-0.39, 0.29) is 30.1 Å². The first-order valence-corrected chi connectivity index (χ1v) is 11.5. The predicted octanol–water partition coefficient (Wildman–Crippen LogP) is 3.00. The highest BCUT2D eigenvalue weighted by atomic mass is 32.2. The van der Waals surface area contributed by atoms with Crippen LogP contribution in [0, 0.1) is 13.8 Å². The third-order valence-corrected chi connectivity index (χ3v) is 5.95. The first-order chi connectivity index (χ1) is 15.3. The molecule has 0 aliphatic carbocycles. The van der Waals surface area contributed by atoms with Crippen LogP contribution in [0.25, 0.3) is 17.1 Å². The van der Waals surface area contributed by atoms with Crippen LogP contribution in [0.4, 0.5) is 5.69 Å². The molecular formula is C24H29N5O2S. The van der Waals surface area contributed by atoms with Crippen molar-refractivity contribution >= 4 is 23.3 Å². The molecule has 0 unspecified atom stereocenters. The van der Waals surface area contributed by atoms with Gasteiger partial charge in [0, 0.05) is 25.3 Å². The molecule has 8 heteroatoms. The summed E-state index contributed by atoms with van der Waals surface area (Å²) in [7, 11) is 3.96. The fourth-order valence-electron chi connectivity index (χ4n) is 3.32. The average molecular weight is 452 g/mol. The molecule has 0 fully saturated rings. The minimum absolute atomic E-state index is 0.0768. The van der Waals surface area contributed by atoms with E-state index in [1.165, 1.54) is 11.8 Å². The number of nitrogens with zero attached hydrogens (tertiary/aromatic N) is 4. The summed E-state index contributed by atoms with van der Waals surface area (Å²) in [6.45, 7) is 4.01. The summed E-state index contributed by atoms with van der Waals surface area (Å²) in [6.07, 6.45) is 1.85. The highest BCUT2D eigenvalue weighted by Crippen LogP contribution is 2.27. The number of aliphatic hydroxyl groups excluding tert-OH is 1. The molecule has 0 radical (unpaired) electrons. The van der Waals surface area contributed by atoms with Crippen molar-refractivity contribution in [2.75, 3.05) is 38.4 Å². The molecule has 0 spiro atoms. The van der Waals surface area contributed by atoms with Crippen molar-refractivity contribution < 1.29 is 5.11 Å². The van der Waals surface area contributed by atoms with Crippen LogP contribution < -0.4 is 16.2 Å². The van der Waals surface area contributed by atoms with Gasteiger partial charge in [-0.1, -0.05) is 6.07 Å². The Hall–Kier alpha value is -3.10. The Kier molecular flexibility index (Phi) is 7.37. The molecule has 7 nitrogen and oxygen atoms in total. The number of aromatic nitrogens is 2. The standard InChI is InChI=1S/C24H29N5O2S/c1-15-6-9-19(14-16(15)2)29-22(17-7-10-18(11-8-17)28(3)4)27-23(32-5)20(24(29)31)21(25)26-12-13-30/h6-11,14,30H,12-13H2,1-5H3,(H2,25,26). The quantitative estimate of drug-likeness (QED) is 0.248. The Balaban J connectivity index is 2.35. The minimum Gasteiger partial charge on any atom is -0.394 e. The normalized spacial score (nSPS) is 11.6. The Morgan fingerprint density at radius 1 is 1.16 bits per heavy atom. The molecule has 3 N–H and O–H groups in total. The lowest BCUT2D eigenvalue weighted by Gasteiger charge is -2.18. The molecule has 0 saturated heterocycles. The van der Waals surface area contributed by atoms with Crippen LogP contribution in [-0.4, -0.2) is 54.0 Å². The summed E-state index contributed by atoms with van der Waals surface area (Å²) in [4.78, 5) is 24.8. The fraction of sp³-hybridized carbons (Fsp3) is 0.292. The van der Waals surface area contributed by atoms with Gasteiger partial charge in [-0.3, -0.25) is 14.4 Å². The molecule has 0 bridgehead atoms. The average Bonchev–Trinajstić information content (AvgIpc) is 2.78. The lowest BCUT2D eigenvalue weighted by Crippen LogP contribution is -2.33. The predicted molar refractivity (Wildman–Crippen MR) is 134 cm³/mol. The van der Waals surface area contributed by atoms with E-state index in [0.29, 0.717) is 16.5 Å². The van der Waals surface area contributed by atoms with Gasteiger partial charge in [0.1, 0.15) is 22.2 Å². The van der Waals surface area contributed by atoms with Gasteiger partial charge in [-0.15, -0.1) is 11.8 Å².